The van der Waals surface area contributed by atoms with Gasteiger partial charge in [0.1, 0.15) is 0 Å². The fourth-order valence-electron chi connectivity index (χ4n) is 1.47. The highest BCUT2D eigenvalue weighted by atomic mass is 35.5. The molecule has 0 saturated carbocycles. The maximum Gasteiger partial charge on any atom is 0.0406 e. The zero-order chi connectivity index (χ0) is 12.1. The average molecular weight is 240 g/mol. The molecule has 16 heavy (non-hydrogen) atoms. The summed E-state index contributed by atoms with van der Waals surface area (Å²) in [5.41, 5.74) is 1.29. The quantitative estimate of drug-likeness (QED) is 0.809. The summed E-state index contributed by atoms with van der Waals surface area (Å²) in [4.78, 5) is 0. The third-order valence-electron chi connectivity index (χ3n) is 3.25. The highest BCUT2D eigenvalue weighted by Gasteiger charge is 2.09. The van der Waals surface area contributed by atoms with Crippen LogP contribution in [0.4, 0.5) is 0 Å². The number of hydrogen-bond acceptors (Lipinski definition) is 1. The van der Waals surface area contributed by atoms with E-state index in [0.29, 0.717) is 12.0 Å². The molecular weight excluding hydrogens is 218 g/mol. The SMILES string of the molecule is CC(NCC(C)C(C)C)c1ccc(Cl)cc1. The van der Waals surface area contributed by atoms with Crippen LogP contribution in [0, 0.1) is 11.8 Å². The van der Waals surface area contributed by atoms with Gasteiger partial charge in [0.2, 0.25) is 0 Å². The second kappa shape index (κ2) is 6.27. The first-order chi connectivity index (χ1) is 7.50. The summed E-state index contributed by atoms with van der Waals surface area (Å²) in [6.07, 6.45) is 0. The predicted molar refractivity (Wildman–Crippen MR) is 71.9 cm³/mol. The van der Waals surface area contributed by atoms with Crippen molar-refractivity contribution in [3.05, 3.63) is 34.9 Å². The minimum atomic E-state index is 0.387. The molecule has 0 heterocycles. The van der Waals surface area contributed by atoms with Gasteiger partial charge >= 0.3 is 0 Å². The van der Waals surface area contributed by atoms with E-state index in [2.05, 4.69) is 45.1 Å². The number of nitrogens with one attached hydrogen (secondary N) is 1. The summed E-state index contributed by atoms with van der Waals surface area (Å²) in [6, 6.07) is 8.44. The third-order valence-corrected chi connectivity index (χ3v) is 3.51. The lowest BCUT2D eigenvalue weighted by Crippen LogP contribution is -2.26. The van der Waals surface area contributed by atoms with Gasteiger partial charge in [-0.05, 0) is 43.0 Å². The van der Waals surface area contributed by atoms with Crippen molar-refractivity contribution in [1.82, 2.24) is 5.32 Å². The summed E-state index contributed by atoms with van der Waals surface area (Å²) in [5, 5.41) is 4.35. The van der Waals surface area contributed by atoms with Crippen molar-refractivity contribution in [1.29, 1.82) is 0 Å². The van der Waals surface area contributed by atoms with Crippen molar-refractivity contribution in [3.63, 3.8) is 0 Å². The Balaban J connectivity index is 2.46. The Bertz CT molecular complexity index is 305. The molecule has 0 spiro atoms. The summed E-state index contributed by atoms with van der Waals surface area (Å²) in [6.45, 7) is 10.1. The van der Waals surface area contributed by atoms with Crippen molar-refractivity contribution in [3.8, 4) is 0 Å². The highest BCUT2D eigenvalue weighted by molar-refractivity contribution is 6.30. The Hall–Kier alpha value is -0.530. The minimum Gasteiger partial charge on any atom is -0.310 e. The topological polar surface area (TPSA) is 12.0 Å². The Kier molecular flexibility index (Phi) is 5.30. The van der Waals surface area contributed by atoms with E-state index in [4.69, 9.17) is 11.6 Å². The first-order valence-corrected chi connectivity index (χ1v) is 6.37. The van der Waals surface area contributed by atoms with Crippen LogP contribution in [0.25, 0.3) is 0 Å². The molecule has 1 N–H and O–H groups in total. The molecule has 0 radical (unpaired) electrons. The van der Waals surface area contributed by atoms with E-state index in [1.807, 2.05) is 12.1 Å². The molecule has 1 nitrogen and oxygen atoms in total. The van der Waals surface area contributed by atoms with Crippen LogP contribution in [0.3, 0.4) is 0 Å². The lowest BCUT2D eigenvalue weighted by Gasteiger charge is -2.20. The summed E-state index contributed by atoms with van der Waals surface area (Å²) >= 11 is 5.87. The second-order valence-corrected chi connectivity index (χ2v) is 5.34. The molecule has 0 fully saturated rings. The van der Waals surface area contributed by atoms with E-state index in [-0.39, 0.29) is 0 Å². The molecule has 2 atom stereocenters. The van der Waals surface area contributed by atoms with Gasteiger partial charge < -0.3 is 5.32 Å². The van der Waals surface area contributed by atoms with Crippen LogP contribution in [0.1, 0.15) is 39.3 Å². The number of benzene rings is 1. The molecule has 0 saturated heterocycles. The van der Waals surface area contributed by atoms with Crippen molar-refractivity contribution in [2.45, 2.75) is 33.7 Å². The normalized spacial score (nSPS) is 15.1. The minimum absolute atomic E-state index is 0.387. The van der Waals surface area contributed by atoms with Crippen molar-refractivity contribution < 1.29 is 0 Å². The molecule has 0 aliphatic carbocycles. The van der Waals surface area contributed by atoms with Crippen LogP contribution in [0.2, 0.25) is 5.02 Å². The molecule has 0 aliphatic rings. The Labute approximate surface area is 104 Å². The van der Waals surface area contributed by atoms with Gasteiger partial charge in [0.05, 0.1) is 0 Å². The molecular formula is C14H22ClN. The lowest BCUT2D eigenvalue weighted by atomic mass is 9.97. The van der Waals surface area contributed by atoms with Crippen LogP contribution in [-0.2, 0) is 0 Å². The Morgan fingerprint density at radius 1 is 1.06 bits per heavy atom. The van der Waals surface area contributed by atoms with Crippen LogP contribution >= 0.6 is 11.6 Å². The van der Waals surface area contributed by atoms with Gasteiger partial charge in [-0.3, -0.25) is 0 Å². The third kappa shape index (κ3) is 4.15. The first kappa shape index (κ1) is 13.5. The summed E-state index contributed by atoms with van der Waals surface area (Å²) < 4.78 is 0. The smallest absolute Gasteiger partial charge is 0.0406 e. The van der Waals surface area contributed by atoms with Crippen molar-refractivity contribution >= 4 is 11.6 Å². The fraction of sp³-hybridized carbons (Fsp3) is 0.571. The second-order valence-electron chi connectivity index (χ2n) is 4.90. The van der Waals surface area contributed by atoms with Crippen molar-refractivity contribution in [2.75, 3.05) is 6.54 Å². The molecule has 0 bridgehead atoms. The van der Waals surface area contributed by atoms with Crippen LogP contribution in [0.5, 0.6) is 0 Å². The zero-order valence-electron chi connectivity index (χ0n) is 10.6. The molecule has 1 aromatic rings. The average Bonchev–Trinajstić information content (AvgIpc) is 2.26. The number of rotatable bonds is 5. The zero-order valence-corrected chi connectivity index (χ0v) is 11.4. The summed E-state index contributed by atoms with van der Waals surface area (Å²) in [5.74, 6) is 1.43. The van der Waals surface area contributed by atoms with Crippen LogP contribution in [-0.4, -0.2) is 6.54 Å². The van der Waals surface area contributed by atoms with Crippen LogP contribution in [0.15, 0.2) is 24.3 Å². The van der Waals surface area contributed by atoms with Gasteiger partial charge in [-0.2, -0.15) is 0 Å². The first-order valence-electron chi connectivity index (χ1n) is 5.99. The number of hydrogen-bond donors (Lipinski definition) is 1. The standard InChI is InChI=1S/C14H22ClN/c1-10(2)11(3)9-16-12(4)13-5-7-14(15)8-6-13/h5-8,10-12,16H,9H2,1-4H3. The Morgan fingerprint density at radius 3 is 2.12 bits per heavy atom. The fourth-order valence-corrected chi connectivity index (χ4v) is 1.59. The Morgan fingerprint density at radius 2 is 1.62 bits per heavy atom. The van der Waals surface area contributed by atoms with E-state index in [9.17, 15) is 0 Å². The van der Waals surface area contributed by atoms with E-state index in [1.165, 1.54) is 5.56 Å². The highest BCUT2D eigenvalue weighted by Crippen LogP contribution is 2.17. The molecule has 1 rings (SSSR count). The van der Waals surface area contributed by atoms with Gasteiger partial charge in [-0.25, -0.2) is 0 Å². The molecule has 2 unspecified atom stereocenters. The molecule has 0 amide bonds. The van der Waals surface area contributed by atoms with E-state index < -0.39 is 0 Å². The van der Waals surface area contributed by atoms with E-state index >= 15 is 0 Å². The van der Waals surface area contributed by atoms with Crippen molar-refractivity contribution in [2.24, 2.45) is 11.8 Å². The van der Waals surface area contributed by atoms with Gasteiger partial charge in [-0.15, -0.1) is 0 Å². The van der Waals surface area contributed by atoms with E-state index in [1.54, 1.807) is 0 Å². The molecule has 90 valence electrons. The van der Waals surface area contributed by atoms with Gasteiger partial charge in [0, 0.05) is 11.1 Å². The maximum atomic E-state index is 5.87. The molecule has 0 aliphatic heterocycles. The molecule has 2 heteroatoms. The maximum absolute atomic E-state index is 5.87. The largest absolute Gasteiger partial charge is 0.310 e. The monoisotopic (exact) mass is 239 g/mol. The van der Waals surface area contributed by atoms with Crippen LogP contribution < -0.4 is 5.32 Å². The molecule has 1 aromatic carbocycles. The predicted octanol–water partition coefficient (Wildman–Crippen LogP) is 4.28. The lowest BCUT2D eigenvalue weighted by molar-refractivity contribution is 0.375. The van der Waals surface area contributed by atoms with Gasteiger partial charge in [0.25, 0.3) is 0 Å². The van der Waals surface area contributed by atoms with Gasteiger partial charge in [0.15, 0.2) is 0 Å². The molecule has 0 aromatic heterocycles. The van der Waals surface area contributed by atoms with Gasteiger partial charge in [-0.1, -0.05) is 44.5 Å². The number of halogens is 1. The summed E-state index contributed by atoms with van der Waals surface area (Å²) in [7, 11) is 0. The van der Waals surface area contributed by atoms with E-state index in [0.717, 1.165) is 17.5 Å².